The van der Waals surface area contributed by atoms with Crippen molar-refractivity contribution >= 4 is 22.8 Å². The van der Waals surface area contributed by atoms with Crippen LogP contribution in [0.3, 0.4) is 0 Å². The number of benzene rings is 1. The number of nitrogens with zero attached hydrogens (tertiary/aromatic N) is 2. The molecule has 0 aliphatic carbocycles. The Labute approximate surface area is 129 Å². The number of carbonyl (C=O) groups is 2. The Kier molecular flexibility index (Phi) is 3.88. The number of piperidine rings is 1. The standard InChI is InChI=1S/C17H20N2O3/c1-18-8-5-12-3-4-14(11-15(12)18)16(20)19-9-6-13(7-10-19)17(21)22-2/h3-5,8,11,13H,6-7,9-10H2,1-2H3. The van der Waals surface area contributed by atoms with Gasteiger partial charge in [-0.15, -0.1) is 0 Å². The number of methoxy groups -OCH3 is 1. The van der Waals surface area contributed by atoms with E-state index >= 15 is 0 Å². The minimum Gasteiger partial charge on any atom is -0.469 e. The maximum Gasteiger partial charge on any atom is 0.308 e. The highest BCUT2D eigenvalue weighted by atomic mass is 16.5. The SMILES string of the molecule is COC(=O)C1CCN(C(=O)c2ccc3ccn(C)c3c2)CC1. The third kappa shape index (κ3) is 2.58. The molecule has 5 heteroatoms. The smallest absolute Gasteiger partial charge is 0.308 e. The maximum absolute atomic E-state index is 12.6. The van der Waals surface area contributed by atoms with Gasteiger partial charge in [0.25, 0.3) is 5.91 Å². The van der Waals surface area contributed by atoms with Gasteiger partial charge in [0.15, 0.2) is 0 Å². The fourth-order valence-electron chi connectivity index (χ4n) is 3.06. The highest BCUT2D eigenvalue weighted by Gasteiger charge is 2.28. The molecule has 1 amide bonds. The van der Waals surface area contributed by atoms with Gasteiger partial charge in [0.05, 0.1) is 13.0 Å². The highest BCUT2D eigenvalue weighted by molar-refractivity contribution is 5.98. The van der Waals surface area contributed by atoms with Gasteiger partial charge in [-0.2, -0.15) is 0 Å². The molecule has 0 bridgehead atoms. The Hall–Kier alpha value is -2.30. The van der Waals surface area contributed by atoms with Gasteiger partial charge in [0.2, 0.25) is 0 Å². The molecule has 0 atom stereocenters. The van der Waals surface area contributed by atoms with Crippen LogP contribution in [0.25, 0.3) is 10.9 Å². The summed E-state index contributed by atoms with van der Waals surface area (Å²) in [6.45, 7) is 1.20. The molecule has 0 N–H and O–H groups in total. The summed E-state index contributed by atoms with van der Waals surface area (Å²) in [4.78, 5) is 26.0. The first-order chi connectivity index (χ1) is 10.6. The van der Waals surface area contributed by atoms with Crippen LogP contribution >= 0.6 is 0 Å². The first-order valence-corrected chi connectivity index (χ1v) is 7.52. The molecule has 2 heterocycles. The van der Waals surface area contributed by atoms with Crippen LogP contribution in [0.5, 0.6) is 0 Å². The lowest BCUT2D eigenvalue weighted by Crippen LogP contribution is -2.40. The van der Waals surface area contributed by atoms with Crippen molar-refractivity contribution in [1.82, 2.24) is 9.47 Å². The first kappa shape index (κ1) is 14.6. The van der Waals surface area contributed by atoms with Crippen molar-refractivity contribution in [2.75, 3.05) is 20.2 Å². The van der Waals surface area contributed by atoms with E-state index < -0.39 is 0 Å². The molecule has 116 valence electrons. The highest BCUT2D eigenvalue weighted by Crippen LogP contribution is 2.22. The molecule has 1 saturated heterocycles. The van der Waals surface area contributed by atoms with E-state index in [4.69, 9.17) is 4.74 Å². The molecule has 22 heavy (non-hydrogen) atoms. The van der Waals surface area contributed by atoms with E-state index in [-0.39, 0.29) is 17.8 Å². The Morgan fingerprint density at radius 3 is 2.59 bits per heavy atom. The van der Waals surface area contributed by atoms with Gasteiger partial charge >= 0.3 is 5.97 Å². The summed E-state index contributed by atoms with van der Waals surface area (Å²) in [5.74, 6) is -0.215. The summed E-state index contributed by atoms with van der Waals surface area (Å²) in [6, 6.07) is 7.82. The van der Waals surface area contributed by atoms with Crippen LogP contribution in [-0.2, 0) is 16.6 Å². The van der Waals surface area contributed by atoms with E-state index in [2.05, 4.69) is 0 Å². The van der Waals surface area contributed by atoms with Crippen LogP contribution in [0.1, 0.15) is 23.2 Å². The molecular formula is C17H20N2O3. The molecule has 1 fully saturated rings. The number of hydrogen-bond acceptors (Lipinski definition) is 3. The largest absolute Gasteiger partial charge is 0.469 e. The number of carbonyl (C=O) groups excluding carboxylic acids is 2. The van der Waals surface area contributed by atoms with Crippen molar-refractivity contribution in [2.45, 2.75) is 12.8 Å². The third-order valence-electron chi connectivity index (χ3n) is 4.45. The Bertz CT molecular complexity index is 712. The average Bonchev–Trinajstić information content (AvgIpc) is 2.94. The van der Waals surface area contributed by atoms with Crippen molar-refractivity contribution in [2.24, 2.45) is 13.0 Å². The van der Waals surface area contributed by atoms with Crippen molar-refractivity contribution in [3.63, 3.8) is 0 Å². The van der Waals surface area contributed by atoms with Crippen LogP contribution in [0, 0.1) is 5.92 Å². The lowest BCUT2D eigenvalue weighted by molar-refractivity contribution is -0.146. The number of rotatable bonds is 2. The lowest BCUT2D eigenvalue weighted by atomic mass is 9.96. The van der Waals surface area contributed by atoms with Crippen molar-refractivity contribution < 1.29 is 14.3 Å². The number of esters is 1. The molecule has 0 saturated carbocycles. The second-order valence-corrected chi connectivity index (χ2v) is 5.79. The first-order valence-electron chi connectivity index (χ1n) is 7.52. The number of amides is 1. The molecular weight excluding hydrogens is 280 g/mol. The lowest BCUT2D eigenvalue weighted by Gasteiger charge is -2.30. The fourth-order valence-corrected chi connectivity index (χ4v) is 3.06. The quantitative estimate of drug-likeness (QED) is 0.799. The van der Waals surface area contributed by atoms with E-state index in [0.29, 0.717) is 31.5 Å². The summed E-state index contributed by atoms with van der Waals surface area (Å²) in [5, 5.41) is 1.13. The zero-order chi connectivity index (χ0) is 15.7. The van der Waals surface area contributed by atoms with E-state index in [1.807, 2.05) is 47.0 Å². The number of aromatic nitrogens is 1. The molecule has 3 rings (SSSR count). The van der Waals surface area contributed by atoms with Gasteiger partial charge in [-0.25, -0.2) is 0 Å². The topological polar surface area (TPSA) is 51.5 Å². The predicted molar refractivity (Wildman–Crippen MR) is 83.6 cm³/mol. The van der Waals surface area contributed by atoms with E-state index in [9.17, 15) is 9.59 Å². The molecule has 2 aromatic rings. The Morgan fingerprint density at radius 2 is 1.91 bits per heavy atom. The van der Waals surface area contributed by atoms with Crippen LogP contribution in [0.4, 0.5) is 0 Å². The minimum absolute atomic E-state index is 0.0337. The van der Waals surface area contributed by atoms with E-state index in [1.165, 1.54) is 7.11 Å². The fraction of sp³-hybridized carbons (Fsp3) is 0.412. The summed E-state index contributed by atoms with van der Waals surface area (Å²) in [6.07, 6.45) is 3.33. The van der Waals surface area contributed by atoms with Crippen LogP contribution < -0.4 is 0 Å². The van der Waals surface area contributed by atoms with Gasteiger partial charge in [-0.3, -0.25) is 9.59 Å². The molecule has 5 nitrogen and oxygen atoms in total. The maximum atomic E-state index is 12.6. The number of likely N-dealkylation sites (tertiary alicyclic amines) is 1. The van der Waals surface area contributed by atoms with E-state index in [1.54, 1.807) is 0 Å². The van der Waals surface area contributed by atoms with Crippen LogP contribution in [0.2, 0.25) is 0 Å². The summed E-state index contributed by atoms with van der Waals surface area (Å²) in [5.41, 5.74) is 1.75. The normalized spacial score (nSPS) is 16.0. The number of hydrogen-bond donors (Lipinski definition) is 0. The molecule has 1 aliphatic heterocycles. The molecule has 1 aromatic carbocycles. The van der Waals surface area contributed by atoms with Crippen molar-refractivity contribution in [3.05, 3.63) is 36.0 Å². The summed E-state index contributed by atoms with van der Waals surface area (Å²) < 4.78 is 6.79. The number of aryl methyl sites for hydroxylation is 1. The second kappa shape index (κ2) is 5.83. The summed E-state index contributed by atoms with van der Waals surface area (Å²) >= 11 is 0. The monoisotopic (exact) mass is 300 g/mol. The molecule has 0 radical (unpaired) electrons. The molecule has 0 spiro atoms. The van der Waals surface area contributed by atoms with Crippen LogP contribution in [0.15, 0.2) is 30.5 Å². The molecule has 1 aromatic heterocycles. The van der Waals surface area contributed by atoms with Gasteiger partial charge < -0.3 is 14.2 Å². The Balaban J connectivity index is 1.73. The molecule has 1 aliphatic rings. The van der Waals surface area contributed by atoms with E-state index in [0.717, 1.165) is 10.9 Å². The van der Waals surface area contributed by atoms with Crippen LogP contribution in [-0.4, -0.2) is 41.5 Å². The number of ether oxygens (including phenoxy) is 1. The average molecular weight is 300 g/mol. The second-order valence-electron chi connectivity index (χ2n) is 5.79. The van der Waals surface area contributed by atoms with Crippen molar-refractivity contribution in [3.8, 4) is 0 Å². The van der Waals surface area contributed by atoms with Gasteiger partial charge in [-0.1, -0.05) is 6.07 Å². The van der Waals surface area contributed by atoms with Gasteiger partial charge in [-0.05, 0) is 36.4 Å². The van der Waals surface area contributed by atoms with Gasteiger partial charge in [0.1, 0.15) is 0 Å². The zero-order valence-corrected chi connectivity index (χ0v) is 12.9. The third-order valence-corrected chi connectivity index (χ3v) is 4.45. The number of fused-ring (bicyclic) bond motifs is 1. The van der Waals surface area contributed by atoms with Gasteiger partial charge in [0, 0.05) is 37.4 Å². The zero-order valence-electron chi connectivity index (χ0n) is 12.9. The molecule has 0 unspecified atom stereocenters. The predicted octanol–water partition coefficient (Wildman–Crippen LogP) is 2.20. The van der Waals surface area contributed by atoms with Crippen molar-refractivity contribution in [1.29, 1.82) is 0 Å². The summed E-state index contributed by atoms with van der Waals surface area (Å²) in [7, 11) is 3.38. The Morgan fingerprint density at radius 1 is 1.18 bits per heavy atom. The minimum atomic E-state index is -0.169.